The number of hydrogen-bond acceptors (Lipinski definition) is 0. The fourth-order valence-corrected chi connectivity index (χ4v) is 1.60. The molecular formula is C9H5F4I. The standard InChI is InChI=1S/C9H5F4I/c10-8(14)7(9(11,12)13)6-4-2-1-3-5-6/h1-5H/b8-7+. The van der Waals surface area contributed by atoms with Crippen LogP contribution in [0.3, 0.4) is 0 Å². The number of rotatable bonds is 1. The molecule has 1 aromatic carbocycles. The van der Waals surface area contributed by atoms with E-state index in [1.54, 1.807) is 6.07 Å². The lowest BCUT2D eigenvalue weighted by Gasteiger charge is -2.10. The van der Waals surface area contributed by atoms with Crippen LogP contribution in [0.15, 0.2) is 34.2 Å². The molecule has 0 aliphatic heterocycles. The third-order valence-corrected chi connectivity index (χ3v) is 2.07. The Balaban J connectivity index is 3.24. The van der Waals surface area contributed by atoms with E-state index in [2.05, 4.69) is 0 Å². The molecule has 0 spiro atoms. The van der Waals surface area contributed by atoms with Crippen molar-refractivity contribution < 1.29 is 17.6 Å². The Bertz CT molecular complexity index is 336. The first-order valence-corrected chi connectivity index (χ1v) is 4.68. The lowest BCUT2D eigenvalue weighted by Crippen LogP contribution is -2.11. The van der Waals surface area contributed by atoms with E-state index in [0.29, 0.717) is 0 Å². The van der Waals surface area contributed by atoms with Crippen LogP contribution < -0.4 is 0 Å². The average Bonchev–Trinajstić information content (AvgIpc) is 2.02. The highest BCUT2D eigenvalue weighted by Crippen LogP contribution is 2.38. The first-order valence-electron chi connectivity index (χ1n) is 3.61. The SMILES string of the molecule is F/C(I)=C(/c1ccccc1)C(F)(F)F. The minimum absolute atomic E-state index is 0.160. The highest BCUT2D eigenvalue weighted by molar-refractivity contribution is 14.1. The van der Waals surface area contributed by atoms with Crippen LogP contribution in [0.5, 0.6) is 0 Å². The summed E-state index contributed by atoms with van der Waals surface area (Å²) >= 11 is 1.03. The molecule has 0 heterocycles. The normalized spacial score (nSPS) is 13.8. The van der Waals surface area contributed by atoms with Crippen LogP contribution >= 0.6 is 22.6 Å². The molecule has 0 bridgehead atoms. The van der Waals surface area contributed by atoms with Crippen LogP contribution in [0, 0.1) is 0 Å². The summed E-state index contributed by atoms with van der Waals surface area (Å²) in [5.74, 6) is 0. The minimum Gasteiger partial charge on any atom is -0.199 e. The topological polar surface area (TPSA) is 0 Å². The van der Waals surface area contributed by atoms with Crippen LogP contribution in [-0.2, 0) is 0 Å². The fourth-order valence-electron chi connectivity index (χ4n) is 0.985. The molecule has 14 heavy (non-hydrogen) atoms. The van der Waals surface area contributed by atoms with E-state index in [4.69, 9.17) is 0 Å². The molecule has 0 radical (unpaired) electrons. The molecule has 0 amide bonds. The first kappa shape index (κ1) is 11.5. The van der Waals surface area contributed by atoms with Crippen molar-refractivity contribution in [2.45, 2.75) is 6.18 Å². The second-order valence-corrected chi connectivity index (χ2v) is 3.45. The van der Waals surface area contributed by atoms with E-state index in [0.717, 1.165) is 22.6 Å². The van der Waals surface area contributed by atoms with Crippen molar-refractivity contribution in [2.24, 2.45) is 0 Å². The number of alkyl halides is 3. The van der Waals surface area contributed by atoms with Gasteiger partial charge in [0.25, 0.3) is 0 Å². The zero-order valence-corrected chi connectivity index (χ0v) is 8.93. The van der Waals surface area contributed by atoms with Gasteiger partial charge in [-0.15, -0.1) is 0 Å². The summed E-state index contributed by atoms with van der Waals surface area (Å²) in [7, 11) is 0. The van der Waals surface area contributed by atoms with E-state index < -0.39 is 15.6 Å². The van der Waals surface area contributed by atoms with Crippen molar-refractivity contribution in [3.8, 4) is 0 Å². The van der Waals surface area contributed by atoms with Gasteiger partial charge >= 0.3 is 6.18 Å². The third kappa shape index (κ3) is 2.70. The molecule has 0 saturated heterocycles. The minimum atomic E-state index is -4.66. The number of benzene rings is 1. The molecule has 76 valence electrons. The number of hydrogen-bond donors (Lipinski definition) is 0. The summed E-state index contributed by atoms with van der Waals surface area (Å²) in [5, 5.41) is 0. The number of halogens is 5. The van der Waals surface area contributed by atoms with Crippen molar-refractivity contribution in [3.63, 3.8) is 0 Å². The Morgan fingerprint density at radius 1 is 1.07 bits per heavy atom. The Morgan fingerprint density at radius 2 is 1.57 bits per heavy atom. The van der Waals surface area contributed by atoms with Crippen LogP contribution in [0.25, 0.3) is 5.57 Å². The van der Waals surface area contributed by atoms with Crippen LogP contribution in [-0.4, -0.2) is 6.18 Å². The molecule has 0 fully saturated rings. The van der Waals surface area contributed by atoms with E-state index in [9.17, 15) is 17.6 Å². The summed E-state index contributed by atoms with van der Waals surface area (Å²) in [6.07, 6.45) is -4.66. The lowest BCUT2D eigenvalue weighted by atomic mass is 10.1. The molecule has 0 aliphatic carbocycles. The fraction of sp³-hybridized carbons (Fsp3) is 0.111. The maximum Gasteiger partial charge on any atom is 0.420 e. The van der Waals surface area contributed by atoms with Gasteiger partial charge in [-0.05, 0) is 28.2 Å². The van der Waals surface area contributed by atoms with Crippen molar-refractivity contribution in [1.29, 1.82) is 0 Å². The van der Waals surface area contributed by atoms with Gasteiger partial charge in [-0.25, -0.2) is 0 Å². The Hall–Kier alpha value is -0.590. The van der Waals surface area contributed by atoms with Gasteiger partial charge in [0.15, 0.2) is 3.83 Å². The third-order valence-electron chi connectivity index (χ3n) is 1.53. The van der Waals surface area contributed by atoms with E-state index in [-0.39, 0.29) is 5.56 Å². The van der Waals surface area contributed by atoms with Gasteiger partial charge in [0.2, 0.25) is 0 Å². The maximum atomic E-state index is 12.7. The molecule has 0 aromatic heterocycles. The molecule has 5 heteroatoms. The van der Waals surface area contributed by atoms with Crippen LogP contribution in [0.2, 0.25) is 0 Å². The molecule has 0 unspecified atom stereocenters. The van der Waals surface area contributed by atoms with E-state index in [1.165, 1.54) is 24.3 Å². The smallest absolute Gasteiger partial charge is 0.199 e. The maximum absolute atomic E-state index is 12.7. The van der Waals surface area contributed by atoms with Gasteiger partial charge in [-0.3, -0.25) is 0 Å². The average molecular weight is 316 g/mol. The molecule has 0 nitrogen and oxygen atoms in total. The highest BCUT2D eigenvalue weighted by Gasteiger charge is 2.37. The molecular weight excluding hydrogens is 311 g/mol. The summed E-state index contributed by atoms with van der Waals surface area (Å²) < 4.78 is 48.5. The molecule has 0 N–H and O–H groups in total. The first-order chi connectivity index (χ1) is 6.43. The van der Waals surface area contributed by atoms with Gasteiger partial charge in [-0.2, -0.15) is 17.6 Å². The lowest BCUT2D eigenvalue weighted by molar-refractivity contribution is -0.0695. The second kappa shape index (κ2) is 4.29. The van der Waals surface area contributed by atoms with E-state index >= 15 is 0 Å². The Kier molecular flexibility index (Phi) is 3.52. The van der Waals surface area contributed by atoms with Crippen LogP contribution in [0.4, 0.5) is 17.6 Å². The summed E-state index contributed by atoms with van der Waals surface area (Å²) in [6, 6.07) is 6.88. The van der Waals surface area contributed by atoms with Crippen molar-refractivity contribution in [1.82, 2.24) is 0 Å². The zero-order valence-electron chi connectivity index (χ0n) is 6.78. The second-order valence-electron chi connectivity index (χ2n) is 2.50. The summed E-state index contributed by atoms with van der Waals surface area (Å²) in [5.41, 5.74) is -1.38. The van der Waals surface area contributed by atoms with Gasteiger partial charge in [0.1, 0.15) is 5.57 Å². The Labute approximate surface area is 91.8 Å². The molecule has 0 saturated carbocycles. The van der Waals surface area contributed by atoms with Crippen molar-refractivity contribution >= 4 is 28.2 Å². The largest absolute Gasteiger partial charge is 0.420 e. The molecule has 0 atom stereocenters. The summed E-state index contributed by atoms with van der Waals surface area (Å²) in [6.45, 7) is 0. The zero-order chi connectivity index (χ0) is 10.8. The van der Waals surface area contributed by atoms with Gasteiger partial charge < -0.3 is 0 Å². The van der Waals surface area contributed by atoms with Crippen molar-refractivity contribution in [2.75, 3.05) is 0 Å². The summed E-state index contributed by atoms with van der Waals surface area (Å²) in [4.78, 5) is 0. The van der Waals surface area contributed by atoms with Crippen LogP contribution in [0.1, 0.15) is 5.56 Å². The number of allylic oxidation sites excluding steroid dienone is 1. The predicted molar refractivity (Wildman–Crippen MR) is 54.5 cm³/mol. The molecule has 1 aromatic rings. The van der Waals surface area contributed by atoms with Gasteiger partial charge in [0.05, 0.1) is 0 Å². The predicted octanol–water partition coefficient (Wildman–Crippen LogP) is 4.32. The van der Waals surface area contributed by atoms with Gasteiger partial charge in [0, 0.05) is 0 Å². The quantitative estimate of drug-likeness (QED) is 0.535. The van der Waals surface area contributed by atoms with E-state index in [1.807, 2.05) is 0 Å². The van der Waals surface area contributed by atoms with Gasteiger partial charge in [-0.1, -0.05) is 30.3 Å². The van der Waals surface area contributed by atoms with Crippen molar-refractivity contribution in [3.05, 3.63) is 39.7 Å². The highest BCUT2D eigenvalue weighted by atomic mass is 127. The molecule has 0 aliphatic rings. The monoisotopic (exact) mass is 316 g/mol. The molecule has 1 rings (SSSR count). The Morgan fingerprint density at radius 3 is 1.93 bits per heavy atom.